The molecule has 4 aromatic heterocycles. The summed E-state index contributed by atoms with van der Waals surface area (Å²) in [6.07, 6.45) is 9.78. The van der Waals surface area contributed by atoms with E-state index in [-0.39, 0.29) is 17.5 Å². The minimum absolute atomic E-state index is 0.0869. The molecule has 5 rings (SSSR count). The minimum atomic E-state index is -0.161. The third kappa shape index (κ3) is 3.89. The van der Waals surface area contributed by atoms with Crippen molar-refractivity contribution in [2.24, 2.45) is 0 Å². The zero-order valence-electron chi connectivity index (χ0n) is 19.0. The lowest BCUT2D eigenvalue weighted by Crippen LogP contribution is -2.46. The quantitative estimate of drug-likeness (QED) is 0.445. The van der Waals surface area contributed by atoms with Crippen molar-refractivity contribution in [1.82, 2.24) is 24.4 Å². The fourth-order valence-electron chi connectivity index (χ4n) is 4.56. The first-order chi connectivity index (χ1) is 16.6. The van der Waals surface area contributed by atoms with Gasteiger partial charge in [-0.2, -0.15) is 0 Å². The van der Waals surface area contributed by atoms with E-state index >= 15 is 0 Å². The predicted molar refractivity (Wildman–Crippen MR) is 130 cm³/mol. The molecule has 9 heteroatoms. The summed E-state index contributed by atoms with van der Waals surface area (Å²) in [6, 6.07) is 7.51. The summed E-state index contributed by atoms with van der Waals surface area (Å²) in [6.45, 7) is 5.60. The SMILES string of the molecule is C=CCn1cc(C(=O)N(C)C2CCN(c3cc(-c4ccco4)ncn3)CC2)c2cc[nH]c2c1=O. The molecule has 1 N–H and O–H groups in total. The Bertz CT molecular complexity index is 1380. The largest absolute Gasteiger partial charge is 0.463 e. The van der Waals surface area contributed by atoms with Crippen molar-refractivity contribution >= 4 is 22.6 Å². The van der Waals surface area contributed by atoms with Gasteiger partial charge in [0.05, 0.1) is 11.8 Å². The Balaban J connectivity index is 1.32. The Hall–Kier alpha value is -4.14. The number of rotatable bonds is 6. The van der Waals surface area contributed by atoms with Crippen LogP contribution in [0.25, 0.3) is 22.4 Å². The molecule has 34 heavy (non-hydrogen) atoms. The molecule has 1 aliphatic heterocycles. The summed E-state index contributed by atoms with van der Waals surface area (Å²) in [5.74, 6) is 1.46. The van der Waals surface area contributed by atoms with E-state index in [1.54, 1.807) is 42.0 Å². The Morgan fingerprint density at radius 3 is 2.88 bits per heavy atom. The zero-order chi connectivity index (χ0) is 23.7. The lowest BCUT2D eigenvalue weighted by molar-refractivity contribution is 0.0710. The maximum atomic E-state index is 13.5. The number of carbonyl (C=O) groups excluding carboxylic acids is 1. The van der Waals surface area contributed by atoms with Crippen molar-refractivity contribution in [2.45, 2.75) is 25.4 Å². The van der Waals surface area contributed by atoms with Crippen molar-refractivity contribution in [3.63, 3.8) is 0 Å². The van der Waals surface area contributed by atoms with Gasteiger partial charge in [0.25, 0.3) is 11.5 Å². The Morgan fingerprint density at radius 1 is 1.32 bits per heavy atom. The van der Waals surface area contributed by atoms with Crippen LogP contribution in [0.2, 0.25) is 0 Å². The van der Waals surface area contributed by atoms with Gasteiger partial charge in [0.15, 0.2) is 5.76 Å². The number of aromatic amines is 1. The molecule has 0 bridgehead atoms. The molecule has 1 saturated heterocycles. The van der Waals surface area contributed by atoms with Gasteiger partial charge in [-0.05, 0) is 31.0 Å². The van der Waals surface area contributed by atoms with Crippen LogP contribution in [0.1, 0.15) is 23.2 Å². The Morgan fingerprint density at radius 2 is 2.15 bits per heavy atom. The topological polar surface area (TPSA) is 100 Å². The minimum Gasteiger partial charge on any atom is -0.463 e. The molecule has 0 atom stereocenters. The second kappa shape index (κ2) is 9.01. The lowest BCUT2D eigenvalue weighted by Gasteiger charge is -2.37. The van der Waals surface area contributed by atoms with E-state index in [2.05, 4.69) is 26.4 Å². The average molecular weight is 459 g/mol. The number of fused-ring (bicyclic) bond motifs is 1. The van der Waals surface area contributed by atoms with E-state index in [0.717, 1.165) is 37.4 Å². The second-order valence-electron chi connectivity index (χ2n) is 8.43. The first-order valence-corrected chi connectivity index (χ1v) is 11.3. The maximum Gasteiger partial charge on any atom is 0.275 e. The van der Waals surface area contributed by atoms with Crippen molar-refractivity contribution in [3.05, 3.63) is 77.8 Å². The number of hydrogen-bond acceptors (Lipinski definition) is 6. The van der Waals surface area contributed by atoms with Crippen LogP contribution in [0.15, 0.2) is 71.1 Å². The van der Waals surface area contributed by atoms with Crippen LogP contribution in [-0.4, -0.2) is 56.5 Å². The van der Waals surface area contributed by atoms with Gasteiger partial charge < -0.3 is 23.8 Å². The summed E-state index contributed by atoms with van der Waals surface area (Å²) in [4.78, 5) is 41.8. The molecule has 4 aromatic rings. The molecule has 0 aromatic carbocycles. The van der Waals surface area contributed by atoms with Crippen LogP contribution in [-0.2, 0) is 6.54 Å². The van der Waals surface area contributed by atoms with Gasteiger partial charge in [0.1, 0.15) is 23.4 Å². The molecule has 0 spiro atoms. The number of amides is 1. The first kappa shape index (κ1) is 21.7. The number of pyridine rings is 1. The fraction of sp³-hybridized carbons (Fsp3) is 0.280. The van der Waals surface area contributed by atoms with Gasteiger partial charge in [-0.3, -0.25) is 9.59 Å². The molecular weight excluding hydrogens is 432 g/mol. The monoisotopic (exact) mass is 458 g/mol. The van der Waals surface area contributed by atoms with E-state index in [9.17, 15) is 9.59 Å². The van der Waals surface area contributed by atoms with E-state index in [1.165, 1.54) is 4.57 Å². The van der Waals surface area contributed by atoms with Crippen LogP contribution >= 0.6 is 0 Å². The number of anilines is 1. The number of allylic oxidation sites excluding steroid dienone is 1. The number of nitrogens with one attached hydrogen (secondary N) is 1. The van der Waals surface area contributed by atoms with Crippen molar-refractivity contribution in [2.75, 3.05) is 25.0 Å². The van der Waals surface area contributed by atoms with Crippen LogP contribution in [0.4, 0.5) is 5.82 Å². The zero-order valence-corrected chi connectivity index (χ0v) is 19.0. The maximum absolute atomic E-state index is 13.5. The van der Waals surface area contributed by atoms with Crippen LogP contribution in [0.3, 0.4) is 0 Å². The number of hydrogen-bond donors (Lipinski definition) is 1. The summed E-state index contributed by atoms with van der Waals surface area (Å²) in [5, 5.41) is 0.644. The number of carbonyl (C=O) groups is 1. The van der Waals surface area contributed by atoms with Gasteiger partial charge in [-0.25, -0.2) is 9.97 Å². The predicted octanol–water partition coefficient (Wildman–Crippen LogP) is 3.31. The van der Waals surface area contributed by atoms with E-state index < -0.39 is 0 Å². The highest BCUT2D eigenvalue weighted by atomic mass is 16.3. The molecule has 174 valence electrons. The Labute approximate surface area is 196 Å². The van der Waals surface area contributed by atoms with Gasteiger partial charge in [0, 0.05) is 56.6 Å². The summed E-state index contributed by atoms with van der Waals surface area (Å²) >= 11 is 0. The molecule has 9 nitrogen and oxygen atoms in total. The van der Waals surface area contributed by atoms with Crippen LogP contribution < -0.4 is 10.5 Å². The van der Waals surface area contributed by atoms with Gasteiger partial charge in [0.2, 0.25) is 0 Å². The van der Waals surface area contributed by atoms with E-state index in [4.69, 9.17) is 4.42 Å². The highest BCUT2D eigenvalue weighted by Gasteiger charge is 2.28. The fourth-order valence-corrected chi connectivity index (χ4v) is 4.56. The van der Waals surface area contributed by atoms with Gasteiger partial charge >= 0.3 is 0 Å². The third-order valence-electron chi connectivity index (χ3n) is 6.44. The summed E-state index contributed by atoms with van der Waals surface area (Å²) in [7, 11) is 1.84. The van der Waals surface area contributed by atoms with E-state index in [0.29, 0.717) is 28.8 Å². The summed E-state index contributed by atoms with van der Waals surface area (Å²) in [5.41, 5.74) is 1.54. The van der Waals surface area contributed by atoms with Crippen molar-refractivity contribution in [3.8, 4) is 11.5 Å². The molecule has 0 unspecified atom stereocenters. The molecular formula is C25H26N6O3. The molecule has 1 amide bonds. The van der Waals surface area contributed by atoms with Crippen LogP contribution in [0.5, 0.6) is 0 Å². The normalized spacial score (nSPS) is 14.4. The number of aromatic nitrogens is 4. The van der Waals surface area contributed by atoms with Gasteiger partial charge in [-0.15, -0.1) is 6.58 Å². The van der Waals surface area contributed by atoms with Crippen LogP contribution in [0, 0.1) is 0 Å². The number of furan rings is 1. The first-order valence-electron chi connectivity index (χ1n) is 11.3. The standard InChI is InChI=1S/C25H26N6O3/c1-3-10-31-15-19(18-6-9-26-23(18)25(31)33)24(32)29(2)17-7-11-30(12-8-17)22-14-20(27-16-28-22)21-5-4-13-34-21/h3-6,9,13-17,26H,1,7-8,10-12H2,2H3. The number of nitrogens with zero attached hydrogens (tertiary/aromatic N) is 5. The molecule has 0 aliphatic carbocycles. The molecule has 5 heterocycles. The average Bonchev–Trinajstić information content (AvgIpc) is 3.58. The molecule has 1 aliphatic rings. The smallest absolute Gasteiger partial charge is 0.275 e. The molecule has 0 saturated carbocycles. The van der Waals surface area contributed by atoms with Crippen molar-refractivity contribution in [1.29, 1.82) is 0 Å². The molecule has 0 radical (unpaired) electrons. The van der Waals surface area contributed by atoms with Gasteiger partial charge in [-0.1, -0.05) is 6.08 Å². The third-order valence-corrected chi connectivity index (χ3v) is 6.44. The second-order valence-corrected chi connectivity index (χ2v) is 8.43. The van der Waals surface area contributed by atoms with Crippen molar-refractivity contribution < 1.29 is 9.21 Å². The lowest BCUT2D eigenvalue weighted by atomic mass is 10.0. The number of H-pyrrole nitrogens is 1. The summed E-state index contributed by atoms with van der Waals surface area (Å²) < 4.78 is 6.97. The molecule has 1 fully saturated rings. The Kier molecular flexibility index (Phi) is 5.75. The highest BCUT2D eigenvalue weighted by molar-refractivity contribution is 6.06. The van der Waals surface area contributed by atoms with E-state index in [1.807, 2.05) is 25.2 Å². The number of piperidine rings is 1. The highest BCUT2D eigenvalue weighted by Crippen LogP contribution is 2.26.